The molecule has 8 N–H and O–H groups in total. The minimum atomic E-state index is -1.55. The Bertz CT molecular complexity index is 689. The molecule has 0 saturated heterocycles. The smallest absolute Gasteiger partial charge is 0.328 e. The summed E-state index contributed by atoms with van der Waals surface area (Å²) in [6, 6.07) is -4.81. The number of thioether (sulfide) groups is 1. The molecule has 0 aromatic carbocycles. The zero-order chi connectivity index (χ0) is 25.7. The van der Waals surface area contributed by atoms with Crippen LogP contribution in [-0.4, -0.2) is 87.3 Å². The van der Waals surface area contributed by atoms with E-state index in [-0.39, 0.29) is 31.6 Å². The van der Waals surface area contributed by atoms with Crippen molar-refractivity contribution in [2.24, 2.45) is 11.7 Å². The van der Waals surface area contributed by atoms with E-state index in [4.69, 9.17) is 10.8 Å². The van der Waals surface area contributed by atoms with E-state index in [0.717, 1.165) is 0 Å². The van der Waals surface area contributed by atoms with Crippen LogP contribution in [0.15, 0.2) is 0 Å². The molecule has 0 aliphatic carbocycles. The molecule has 0 spiro atoms. The van der Waals surface area contributed by atoms with E-state index in [0.29, 0.717) is 5.75 Å². The molecule has 5 unspecified atom stereocenters. The van der Waals surface area contributed by atoms with Crippen molar-refractivity contribution in [3.05, 3.63) is 0 Å². The highest BCUT2D eigenvalue weighted by Gasteiger charge is 2.32. The minimum Gasteiger partial charge on any atom is -0.481 e. The molecule has 0 saturated carbocycles. The van der Waals surface area contributed by atoms with Gasteiger partial charge in [0, 0.05) is 6.42 Å². The second-order valence-corrected chi connectivity index (χ2v) is 9.12. The van der Waals surface area contributed by atoms with Crippen molar-refractivity contribution < 1.29 is 39.3 Å². The molecule has 190 valence electrons. The second kappa shape index (κ2) is 15.5. The highest BCUT2D eigenvalue weighted by molar-refractivity contribution is 7.98. The molecule has 0 aliphatic rings. The predicted molar refractivity (Wildman–Crippen MR) is 122 cm³/mol. The van der Waals surface area contributed by atoms with Crippen LogP contribution in [0.5, 0.6) is 0 Å². The molecule has 5 atom stereocenters. The fraction of sp³-hybridized carbons (Fsp3) is 0.750. The number of hydrogen-bond donors (Lipinski definition) is 7. The van der Waals surface area contributed by atoms with Crippen LogP contribution in [-0.2, 0) is 24.0 Å². The maximum atomic E-state index is 12.9. The molecular weight excluding hydrogens is 456 g/mol. The third-order valence-corrected chi connectivity index (χ3v) is 5.28. The van der Waals surface area contributed by atoms with Gasteiger partial charge in [-0.1, -0.05) is 13.8 Å². The highest BCUT2D eigenvalue weighted by Crippen LogP contribution is 2.09. The van der Waals surface area contributed by atoms with E-state index < -0.39 is 59.9 Å². The number of rotatable bonds is 16. The van der Waals surface area contributed by atoms with Crippen LogP contribution < -0.4 is 21.7 Å². The Kier molecular flexibility index (Phi) is 14.3. The summed E-state index contributed by atoms with van der Waals surface area (Å²) < 4.78 is 0. The van der Waals surface area contributed by atoms with E-state index >= 15 is 0 Å². The first-order valence-electron chi connectivity index (χ1n) is 10.6. The summed E-state index contributed by atoms with van der Waals surface area (Å²) in [5.41, 5.74) is 5.72. The van der Waals surface area contributed by atoms with Crippen LogP contribution in [0, 0.1) is 5.92 Å². The Morgan fingerprint density at radius 3 is 1.88 bits per heavy atom. The summed E-state index contributed by atoms with van der Waals surface area (Å²) in [7, 11) is 0. The molecule has 0 radical (unpaired) electrons. The first kappa shape index (κ1) is 30.6. The fourth-order valence-electron chi connectivity index (χ4n) is 2.81. The van der Waals surface area contributed by atoms with E-state index in [9.17, 15) is 34.2 Å². The zero-order valence-corrected chi connectivity index (χ0v) is 20.2. The topological polar surface area (TPSA) is 208 Å². The lowest BCUT2D eigenvalue weighted by molar-refractivity contribution is -0.145. The van der Waals surface area contributed by atoms with E-state index in [1.807, 2.05) is 13.8 Å². The second-order valence-electron chi connectivity index (χ2n) is 8.14. The third-order valence-electron chi connectivity index (χ3n) is 4.64. The largest absolute Gasteiger partial charge is 0.481 e. The monoisotopic (exact) mass is 492 g/mol. The SMILES string of the molecule is CSCCC(NC(=O)C(CC(C)C)NC(=O)C(N)CCC(=O)O)C(=O)NC(C(=O)O)C(C)O. The van der Waals surface area contributed by atoms with Gasteiger partial charge in [-0.3, -0.25) is 19.2 Å². The van der Waals surface area contributed by atoms with Crippen molar-refractivity contribution in [2.75, 3.05) is 12.0 Å². The van der Waals surface area contributed by atoms with Crippen LogP contribution >= 0.6 is 11.8 Å². The number of nitrogens with two attached hydrogens (primary N) is 1. The molecule has 0 aromatic heterocycles. The molecule has 33 heavy (non-hydrogen) atoms. The van der Waals surface area contributed by atoms with Crippen molar-refractivity contribution in [3.8, 4) is 0 Å². The lowest BCUT2D eigenvalue weighted by Crippen LogP contribution is -2.58. The van der Waals surface area contributed by atoms with Gasteiger partial charge in [-0.25, -0.2) is 4.79 Å². The lowest BCUT2D eigenvalue weighted by atomic mass is 10.0. The number of carboxylic acid groups (broad SMARTS) is 2. The van der Waals surface area contributed by atoms with Gasteiger partial charge in [0.1, 0.15) is 12.1 Å². The van der Waals surface area contributed by atoms with Gasteiger partial charge in [-0.15, -0.1) is 0 Å². The van der Waals surface area contributed by atoms with Gasteiger partial charge in [0.2, 0.25) is 17.7 Å². The summed E-state index contributed by atoms with van der Waals surface area (Å²) in [6.07, 6.45) is 0.444. The van der Waals surface area contributed by atoms with Crippen LogP contribution in [0.3, 0.4) is 0 Å². The number of carbonyl (C=O) groups is 5. The molecule has 0 bridgehead atoms. The van der Waals surface area contributed by atoms with Crippen LogP contribution in [0.2, 0.25) is 0 Å². The van der Waals surface area contributed by atoms with E-state index in [1.54, 1.807) is 6.26 Å². The zero-order valence-electron chi connectivity index (χ0n) is 19.4. The summed E-state index contributed by atoms with van der Waals surface area (Å²) in [4.78, 5) is 59.9. The van der Waals surface area contributed by atoms with Crippen molar-refractivity contribution in [1.82, 2.24) is 16.0 Å². The van der Waals surface area contributed by atoms with Gasteiger partial charge in [-0.05, 0) is 44.1 Å². The van der Waals surface area contributed by atoms with E-state index in [2.05, 4.69) is 16.0 Å². The van der Waals surface area contributed by atoms with Gasteiger partial charge in [-0.2, -0.15) is 11.8 Å². The Labute approximate surface area is 197 Å². The van der Waals surface area contributed by atoms with Crippen molar-refractivity contribution >= 4 is 41.4 Å². The maximum absolute atomic E-state index is 12.9. The number of carboxylic acids is 2. The molecule has 0 aromatic rings. The van der Waals surface area contributed by atoms with Crippen LogP contribution in [0.1, 0.15) is 46.5 Å². The van der Waals surface area contributed by atoms with E-state index in [1.165, 1.54) is 18.7 Å². The Hall–Kier alpha value is -2.38. The number of aliphatic carboxylic acids is 2. The third kappa shape index (κ3) is 12.4. The number of aliphatic hydroxyl groups excluding tert-OH is 1. The summed E-state index contributed by atoms with van der Waals surface area (Å²) >= 11 is 1.42. The Morgan fingerprint density at radius 1 is 0.879 bits per heavy atom. The molecule has 12 nitrogen and oxygen atoms in total. The Morgan fingerprint density at radius 2 is 1.42 bits per heavy atom. The normalized spacial score (nSPS) is 15.6. The number of carbonyl (C=O) groups excluding carboxylic acids is 3. The molecular formula is C20H36N4O8S. The molecule has 3 amide bonds. The first-order chi connectivity index (χ1) is 15.3. The van der Waals surface area contributed by atoms with Gasteiger partial charge >= 0.3 is 11.9 Å². The van der Waals surface area contributed by atoms with Crippen LogP contribution in [0.4, 0.5) is 0 Å². The molecule has 0 fully saturated rings. The summed E-state index contributed by atoms with van der Waals surface area (Å²) in [5, 5.41) is 34.8. The number of aliphatic hydroxyl groups is 1. The van der Waals surface area contributed by atoms with Gasteiger partial charge in [0.05, 0.1) is 12.1 Å². The van der Waals surface area contributed by atoms with Crippen molar-refractivity contribution in [2.45, 2.75) is 76.7 Å². The number of amides is 3. The average molecular weight is 493 g/mol. The molecule has 0 heterocycles. The Balaban J connectivity index is 5.42. The summed E-state index contributed by atoms with van der Waals surface area (Å²) in [5.74, 6) is -4.19. The predicted octanol–water partition coefficient (Wildman–Crippen LogP) is -1.10. The van der Waals surface area contributed by atoms with Crippen molar-refractivity contribution in [3.63, 3.8) is 0 Å². The van der Waals surface area contributed by atoms with Gasteiger partial charge in [0.25, 0.3) is 0 Å². The standard InChI is InChI=1S/C20H36N4O8S/c1-10(2)9-14(23-17(28)12(21)5-6-15(26)27)19(30)22-13(7-8-33-4)18(29)24-16(11(3)25)20(31)32/h10-14,16,25H,5-9,21H2,1-4H3,(H,22,30)(H,23,28)(H,24,29)(H,26,27)(H,31,32). The van der Waals surface area contributed by atoms with Crippen molar-refractivity contribution in [1.29, 1.82) is 0 Å². The minimum absolute atomic E-state index is 0.0126. The quantitative estimate of drug-likeness (QED) is 0.138. The average Bonchev–Trinajstić information content (AvgIpc) is 2.71. The lowest BCUT2D eigenvalue weighted by Gasteiger charge is -2.26. The summed E-state index contributed by atoms with van der Waals surface area (Å²) in [6.45, 7) is 4.87. The highest BCUT2D eigenvalue weighted by atomic mass is 32.2. The van der Waals surface area contributed by atoms with Crippen LogP contribution in [0.25, 0.3) is 0 Å². The molecule has 0 aliphatic heterocycles. The van der Waals surface area contributed by atoms with Gasteiger partial charge < -0.3 is 37.0 Å². The molecule has 13 heteroatoms. The number of hydrogen-bond acceptors (Lipinski definition) is 8. The van der Waals surface area contributed by atoms with Gasteiger partial charge in [0.15, 0.2) is 6.04 Å². The fourth-order valence-corrected chi connectivity index (χ4v) is 3.28. The first-order valence-corrected chi connectivity index (χ1v) is 12.0. The maximum Gasteiger partial charge on any atom is 0.328 e. The number of nitrogens with one attached hydrogen (secondary N) is 3. The molecule has 0 rings (SSSR count).